The van der Waals surface area contributed by atoms with Crippen molar-refractivity contribution in [2.45, 2.75) is 19.3 Å². The monoisotopic (exact) mass is 209 g/mol. The van der Waals surface area contributed by atoms with Crippen LogP contribution in [0.1, 0.15) is 18.4 Å². The molecular weight excluding hydrogens is 190 g/mol. The summed E-state index contributed by atoms with van der Waals surface area (Å²) in [5.74, 6) is 0.177. The van der Waals surface area contributed by atoms with Crippen molar-refractivity contribution in [3.8, 4) is 0 Å². The summed E-state index contributed by atoms with van der Waals surface area (Å²) in [5.41, 5.74) is 6.58. The smallest absolute Gasteiger partial charge is 0.222 e. The molecule has 0 unspecified atom stereocenters. The summed E-state index contributed by atoms with van der Waals surface area (Å²) in [6.07, 6.45) is 6.08. The zero-order valence-corrected chi connectivity index (χ0v) is 9.20. The van der Waals surface area contributed by atoms with Gasteiger partial charge in [-0.15, -0.1) is 0 Å². The van der Waals surface area contributed by atoms with Gasteiger partial charge in [-0.1, -0.05) is 0 Å². The molecule has 1 aromatic rings. The highest BCUT2D eigenvalue weighted by Crippen LogP contribution is 2.01. The average Bonchev–Trinajstić information content (AvgIpc) is 2.75. The van der Waals surface area contributed by atoms with Crippen molar-refractivity contribution < 1.29 is 4.79 Å². The fourth-order valence-electron chi connectivity index (χ4n) is 1.38. The summed E-state index contributed by atoms with van der Waals surface area (Å²) < 4.78 is 0. The van der Waals surface area contributed by atoms with Gasteiger partial charge in [0.1, 0.15) is 0 Å². The van der Waals surface area contributed by atoms with Gasteiger partial charge in [0.05, 0.1) is 0 Å². The molecule has 1 amide bonds. The molecule has 0 aliphatic heterocycles. The molecular formula is C11H19N3O. The lowest BCUT2D eigenvalue weighted by Crippen LogP contribution is -2.28. The van der Waals surface area contributed by atoms with Crippen LogP contribution in [-0.4, -0.2) is 35.9 Å². The second kappa shape index (κ2) is 6.24. The van der Waals surface area contributed by atoms with Crippen LogP contribution in [0.15, 0.2) is 18.5 Å². The van der Waals surface area contributed by atoms with E-state index in [4.69, 9.17) is 5.73 Å². The molecule has 0 saturated heterocycles. The topological polar surface area (TPSA) is 62.1 Å². The standard InChI is InChI=1S/C11H19N3O/c1-14(11(15)3-2-6-12)8-5-10-4-7-13-9-10/h4,7,9,13H,2-3,5-6,8,12H2,1H3. The number of nitrogens with zero attached hydrogens (tertiary/aromatic N) is 1. The molecule has 0 fully saturated rings. The molecule has 0 saturated carbocycles. The Morgan fingerprint density at radius 1 is 1.60 bits per heavy atom. The number of rotatable bonds is 6. The maximum atomic E-state index is 11.5. The highest BCUT2D eigenvalue weighted by molar-refractivity contribution is 5.75. The minimum absolute atomic E-state index is 0.177. The van der Waals surface area contributed by atoms with E-state index in [1.165, 1.54) is 5.56 Å². The van der Waals surface area contributed by atoms with Crippen molar-refractivity contribution in [2.75, 3.05) is 20.1 Å². The van der Waals surface area contributed by atoms with Crippen LogP contribution in [0, 0.1) is 0 Å². The van der Waals surface area contributed by atoms with Crippen molar-refractivity contribution in [2.24, 2.45) is 5.73 Å². The number of H-pyrrole nitrogens is 1. The van der Waals surface area contributed by atoms with Gasteiger partial charge in [-0.25, -0.2) is 0 Å². The van der Waals surface area contributed by atoms with E-state index in [9.17, 15) is 4.79 Å². The summed E-state index contributed by atoms with van der Waals surface area (Å²) in [7, 11) is 1.84. The first kappa shape index (κ1) is 11.8. The van der Waals surface area contributed by atoms with Crippen LogP contribution < -0.4 is 5.73 Å². The van der Waals surface area contributed by atoms with Crippen LogP contribution in [0.25, 0.3) is 0 Å². The summed E-state index contributed by atoms with van der Waals surface area (Å²) >= 11 is 0. The van der Waals surface area contributed by atoms with E-state index < -0.39 is 0 Å². The molecule has 15 heavy (non-hydrogen) atoms. The molecule has 4 nitrogen and oxygen atoms in total. The van der Waals surface area contributed by atoms with Gasteiger partial charge in [-0.2, -0.15) is 0 Å². The molecule has 0 radical (unpaired) electrons. The Kier molecular flexibility index (Phi) is 4.90. The van der Waals surface area contributed by atoms with Gasteiger partial charge in [-0.3, -0.25) is 4.79 Å². The first-order valence-corrected chi connectivity index (χ1v) is 5.29. The maximum absolute atomic E-state index is 11.5. The van der Waals surface area contributed by atoms with Gasteiger partial charge in [-0.05, 0) is 31.0 Å². The van der Waals surface area contributed by atoms with Crippen LogP contribution in [-0.2, 0) is 11.2 Å². The van der Waals surface area contributed by atoms with Crippen molar-refractivity contribution in [1.29, 1.82) is 0 Å². The second-order valence-corrected chi connectivity index (χ2v) is 3.68. The molecule has 1 aromatic heterocycles. The number of likely N-dealkylation sites (N-methyl/N-ethyl adjacent to an activating group) is 1. The van der Waals surface area contributed by atoms with E-state index >= 15 is 0 Å². The number of amides is 1. The Morgan fingerprint density at radius 2 is 2.40 bits per heavy atom. The second-order valence-electron chi connectivity index (χ2n) is 3.68. The van der Waals surface area contributed by atoms with Crippen LogP contribution in [0.3, 0.4) is 0 Å². The molecule has 3 N–H and O–H groups in total. The zero-order valence-electron chi connectivity index (χ0n) is 9.20. The lowest BCUT2D eigenvalue weighted by atomic mass is 10.2. The molecule has 1 rings (SSSR count). The minimum Gasteiger partial charge on any atom is -0.367 e. The van der Waals surface area contributed by atoms with E-state index in [1.807, 2.05) is 25.5 Å². The van der Waals surface area contributed by atoms with Crippen molar-refractivity contribution in [1.82, 2.24) is 9.88 Å². The molecule has 0 spiro atoms. The maximum Gasteiger partial charge on any atom is 0.222 e. The van der Waals surface area contributed by atoms with Crippen LogP contribution in [0.2, 0.25) is 0 Å². The van der Waals surface area contributed by atoms with Crippen LogP contribution in [0.5, 0.6) is 0 Å². The summed E-state index contributed by atoms with van der Waals surface area (Å²) in [6, 6.07) is 2.03. The normalized spacial score (nSPS) is 10.3. The third-order valence-corrected chi connectivity index (χ3v) is 2.42. The van der Waals surface area contributed by atoms with Crippen molar-refractivity contribution in [3.63, 3.8) is 0 Å². The lowest BCUT2D eigenvalue weighted by Gasteiger charge is -2.16. The third kappa shape index (κ3) is 4.16. The number of nitrogens with one attached hydrogen (secondary N) is 1. The summed E-state index contributed by atoms with van der Waals surface area (Å²) in [6.45, 7) is 1.35. The Labute approximate surface area is 90.5 Å². The summed E-state index contributed by atoms with van der Waals surface area (Å²) in [4.78, 5) is 16.3. The van der Waals surface area contributed by atoms with Gasteiger partial charge in [0.25, 0.3) is 0 Å². The van der Waals surface area contributed by atoms with Crippen molar-refractivity contribution in [3.05, 3.63) is 24.0 Å². The number of nitrogens with two attached hydrogens (primary N) is 1. The third-order valence-electron chi connectivity index (χ3n) is 2.42. The first-order valence-electron chi connectivity index (χ1n) is 5.29. The lowest BCUT2D eigenvalue weighted by molar-refractivity contribution is -0.129. The number of hydrogen-bond donors (Lipinski definition) is 2. The fourth-order valence-corrected chi connectivity index (χ4v) is 1.38. The molecule has 0 aromatic carbocycles. The largest absolute Gasteiger partial charge is 0.367 e. The fraction of sp³-hybridized carbons (Fsp3) is 0.545. The molecule has 84 valence electrons. The molecule has 0 aliphatic carbocycles. The van der Waals surface area contributed by atoms with E-state index in [0.29, 0.717) is 13.0 Å². The average molecular weight is 209 g/mol. The Morgan fingerprint density at radius 3 is 3.00 bits per heavy atom. The highest BCUT2D eigenvalue weighted by Gasteiger charge is 2.07. The van der Waals surface area contributed by atoms with Crippen molar-refractivity contribution >= 4 is 5.91 Å². The van der Waals surface area contributed by atoms with Gasteiger partial charge in [0.15, 0.2) is 0 Å². The van der Waals surface area contributed by atoms with E-state index in [2.05, 4.69) is 4.98 Å². The number of carbonyl (C=O) groups excluding carboxylic acids is 1. The molecule has 0 atom stereocenters. The molecule has 0 bridgehead atoms. The number of hydrogen-bond acceptors (Lipinski definition) is 2. The molecule has 4 heteroatoms. The van der Waals surface area contributed by atoms with E-state index in [-0.39, 0.29) is 5.91 Å². The van der Waals surface area contributed by atoms with Gasteiger partial charge >= 0.3 is 0 Å². The predicted octanol–water partition coefficient (Wildman–Crippen LogP) is 0.754. The Balaban J connectivity index is 2.23. The first-order chi connectivity index (χ1) is 7.24. The quantitative estimate of drug-likeness (QED) is 0.726. The van der Waals surface area contributed by atoms with Gasteiger partial charge in [0, 0.05) is 32.4 Å². The van der Waals surface area contributed by atoms with E-state index in [1.54, 1.807) is 4.90 Å². The van der Waals surface area contributed by atoms with Crippen LogP contribution in [0.4, 0.5) is 0 Å². The minimum atomic E-state index is 0.177. The Hall–Kier alpha value is -1.29. The van der Waals surface area contributed by atoms with Crippen LogP contribution >= 0.6 is 0 Å². The molecule has 1 heterocycles. The number of aromatic nitrogens is 1. The SMILES string of the molecule is CN(CCc1cc[nH]c1)C(=O)CCCN. The van der Waals surface area contributed by atoms with Gasteiger partial charge in [0.2, 0.25) is 5.91 Å². The predicted molar refractivity (Wildman–Crippen MR) is 60.4 cm³/mol. The number of aromatic amines is 1. The highest BCUT2D eigenvalue weighted by atomic mass is 16.2. The zero-order chi connectivity index (χ0) is 11.1. The summed E-state index contributed by atoms with van der Waals surface area (Å²) in [5, 5.41) is 0. The number of carbonyl (C=O) groups is 1. The molecule has 0 aliphatic rings. The van der Waals surface area contributed by atoms with Gasteiger partial charge < -0.3 is 15.6 Å². The Bertz CT molecular complexity index is 282. The van der Waals surface area contributed by atoms with E-state index in [0.717, 1.165) is 19.4 Å².